The molecule has 1 fully saturated rings. The quantitative estimate of drug-likeness (QED) is 0.819. The van der Waals surface area contributed by atoms with Gasteiger partial charge in [-0.3, -0.25) is 9.69 Å². The van der Waals surface area contributed by atoms with Crippen molar-refractivity contribution in [3.63, 3.8) is 0 Å². The summed E-state index contributed by atoms with van der Waals surface area (Å²) in [7, 11) is 4.16. The Balaban J connectivity index is 1.75. The third-order valence-electron chi connectivity index (χ3n) is 3.95. The number of carbonyl (C=O) groups excluding carboxylic acids is 1. The number of likely N-dealkylation sites (tertiary alicyclic amines) is 1. The van der Waals surface area contributed by atoms with Gasteiger partial charge >= 0.3 is 0 Å². The number of nitrogens with two attached hydrogens (primary N) is 1. The van der Waals surface area contributed by atoms with Crippen LogP contribution in [0, 0.1) is 5.92 Å². The van der Waals surface area contributed by atoms with Crippen LogP contribution in [0.5, 0.6) is 0 Å². The van der Waals surface area contributed by atoms with Gasteiger partial charge in [-0.25, -0.2) is 0 Å². The zero-order valence-corrected chi connectivity index (χ0v) is 13.0. The molecule has 1 aliphatic heterocycles. The maximum absolute atomic E-state index is 12.0. The van der Waals surface area contributed by atoms with Crippen molar-refractivity contribution in [3.05, 3.63) is 29.8 Å². The normalized spacial score (nSPS) is 19.1. The van der Waals surface area contributed by atoms with Crippen LogP contribution in [0.1, 0.15) is 12.0 Å². The molecule has 0 bridgehead atoms. The molecule has 5 nitrogen and oxygen atoms in total. The molecule has 0 saturated carbocycles. The van der Waals surface area contributed by atoms with Crippen LogP contribution in [0.25, 0.3) is 0 Å². The van der Waals surface area contributed by atoms with Gasteiger partial charge in [-0.15, -0.1) is 0 Å². The number of anilines is 1. The molecule has 1 aromatic carbocycles. The van der Waals surface area contributed by atoms with Gasteiger partial charge in [0.15, 0.2) is 0 Å². The van der Waals surface area contributed by atoms with Gasteiger partial charge in [0, 0.05) is 25.3 Å². The van der Waals surface area contributed by atoms with Crippen LogP contribution in [0.3, 0.4) is 0 Å². The molecule has 21 heavy (non-hydrogen) atoms. The molecule has 1 unspecified atom stereocenters. The summed E-state index contributed by atoms with van der Waals surface area (Å²) in [5.41, 5.74) is 7.45. The number of nitrogens with zero attached hydrogens (tertiary/aromatic N) is 2. The molecule has 1 saturated heterocycles. The second-order valence-corrected chi connectivity index (χ2v) is 6.06. The van der Waals surface area contributed by atoms with E-state index < -0.39 is 0 Å². The van der Waals surface area contributed by atoms with Crippen molar-refractivity contribution in [2.45, 2.75) is 13.0 Å². The predicted octanol–water partition coefficient (Wildman–Crippen LogP) is 0.967. The van der Waals surface area contributed by atoms with Crippen LogP contribution >= 0.6 is 0 Å². The van der Waals surface area contributed by atoms with Crippen LogP contribution in [0.15, 0.2) is 24.3 Å². The number of likely N-dealkylation sites (N-methyl/N-ethyl adjacent to an activating group) is 1. The van der Waals surface area contributed by atoms with E-state index in [0.29, 0.717) is 19.0 Å². The summed E-state index contributed by atoms with van der Waals surface area (Å²) in [4.78, 5) is 16.5. The highest BCUT2D eigenvalue weighted by atomic mass is 16.2. The predicted molar refractivity (Wildman–Crippen MR) is 86.1 cm³/mol. The summed E-state index contributed by atoms with van der Waals surface area (Å²) in [6.45, 7) is 4.22. The Bertz CT molecular complexity index is 460. The molecular formula is C16H26N4O. The van der Waals surface area contributed by atoms with Crippen molar-refractivity contribution >= 4 is 11.6 Å². The standard InChI is InChI=1S/C16H26N4O/c1-19-8-7-14(10-19)11-20(2)12-16(21)18-15-5-3-13(9-17)4-6-15/h3-6,14H,7-12,17H2,1-2H3,(H,18,21). The first-order valence-corrected chi connectivity index (χ1v) is 7.52. The van der Waals surface area contributed by atoms with Crippen molar-refractivity contribution < 1.29 is 4.79 Å². The summed E-state index contributed by atoms with van der Waals surface area (Å²) in [6.07, 6.45) is 1.23. The van der Waals surface area contributed by atoms with Gasteiger partial charge in [-0.1, -0.05) is 12.1 Å². The van der Waals surface area contributed by atoms with Gasteiger partial charge < -0.3 is 16.0 Å². The number of carbonyl (C=O) groups is 1. The van der Waals surface area contributed by atoms with Gasteiger partial charge in [0.05, 0.1) is 6.54 Å². The molecule has 5 heteroatoms. The van der Waals surface area contributed by atoms with Crippen LogP contribution in [0.2, 0.25) is 0 Å². The number of benzene rings is 1. The van der Waals surface area contributed by atoms with E-state index in [4.69, 9.17) is 5.73 Å². The minimum Gasteiger partial charge on any atom is -0.326 e. The highest BCUT2D eigenvalue weighted by Gasteiger charge is 2.21. The molecule has 2 rings (SSSR count). The molecule has 3 N–H and O–H groups in total. The molecule has 0 aliphatic carbocycles. The Morgan fingerprint density at radius 2 is 2.14 bits per heavy atom. The lowest BCUT2D eigenvalue weighted by Crippen LogP contribution is -2.34. The Hall–Kier alpha value is -1.43. The Kier molecular flexibility index (Phi) is 5.73. The third-order valence-corrected chi connectivity index (χ3v) is 3.95. The Morgan fingerprint density at radius 1 is 1.43 bits per heavy atom. The second kappa shape index (κ2) is 7.54. The molecule has 116 valence electrons. The summed E-state index contributed by atoms with van der Waals surface area (Å²) >= 11 is 0. The van der Waals surface area contributed by atoms with Crippen LogP contribution in [-0.2, 0) is 11.3 Å². The third kappa shape index (κ3) is 5.12. The fourth-order valence-corrected chi connectivity index (χ4v) is 2.85. The molecule has 0 radical (unpaired) electrons. The number of nitrogens with one attached hydrogen (secondary N) is 1. The largest absolute Gasteiger partial charge is 0.326 e. The van der Waals surface area contributed by atoms with E-state index in [2.05, 4.69) is 22.2 Å². The number of hydrogen-bond donors (Lipinski definition) is 2. The molecule has 1 amide bonds. The van der Waals surface area contributed by atoms with Crippen molar-refractivity contribution in [1.29, 1.82) is 0 Å². The van der Waals surface area contributed by atoms with E-state index in [-0.39, 0.29) is 5.91 Å². The van der Waals surface area contributed by atoms with Crippen LogP contribution in [-0.4, -0.2) is 56.0 Å². The number of hydrogen-bond acceptors (Lipinski definition) is 4. The zero-order chi connectivity index (χ0) is 15.2. The summed E-state index contributed by atoms with van der Waals surface area (Å²) in [5, 5.41) is 2.93. The van der Waals surface area contributed by atoms with Gasteiger partial charge in [0.1, 0.15) is 0 Å². The van der Waals surface area contributed by atoms with Crippen LogP contribution in [0.4, 0.5) is 5.69 Å². The maximum Gasteiger partial charge on any atom is 0.238 e. The first kappa shape index (κ1) is 15.9. The maximum atomic E-state index is 12.0. The molecule has 1 aliphatic rings. The van der Waals surface area contributed by atoms with Crippen molar-refractivity contribution in [2.75, 3.05) is 45.6 Å². The SMILES string of the molecule is CN1CCC(CN(C)CC(=O)Nc2ccc(CN)cc2)C1. The van der Waals surface area contributed by atoms with E-state index in [9.17, 15) is 4.79 Å². The highest BCUT2D eigenvalue weighted by Crippen LogP contribution is 2.15. The summed E-state index contributed by atoms with van der Waals surface area (Å²) in [5.74, 6) is 0.709. The number of rotatable bonds is 6. The minimum atomic E-state index is 0.0318. The molecule has 1 atom stereocenters. The highest BCUT2D eigenvalue weighted by molar-refractivity contribution is 5.92. The lowest BCUT2D eigenvalue weighted by Gasteiger charge is -2.20. The Morgan fingerprint density at radius 3 is 2.71 bits per heavy atom. The van der Waals surface area contributed by atoms with Crippen molar-refractivity contribution in [3.8, 4) is 0 Å². The molecule has 1 aromatic rings. The topological polar surface area (TPSA) is 61.6 Å². The minimum absolute atomic E-state index is 0.0318. The average Bonchev–Trinajstić information content (AvgIpc) is 2.84. The smallest absolute Gasteiger partial charge is 0.238 e. The first-order chi connectivity index (χ1) is 10.1. The fourth-order valence-electron chi connectivity index (χ4n) is 2.85. The zero-order valence-electron chi connectivity index (χ0n) is 13.0. The van der Waals surface area contributed by atoms with E-state index >= 15 is 0 Å². The lowest BCUT2D eigenvalue weighted by molar-refractivity contribution is -0.117. The average molecular weight is 290 g/mol. The summed E-state index contributed by atoms with van der Waals surface area (Å²) < 4.78 is 0. The first-order valence-electron chi connectivity index (χ1n) is 7.52. The second-order valence-electron chi connectivity index (χ2n) is 6.06. The van der Waals surface area contributed by atoms with E-state index in [1.165, 1.54) is 6.42 Å². The van der Waals surface area contributed by atoms with E-state index in [1.54, 1.807) is 0 Å². The Labute approximate surface area is 127 Å². The molecule has 1 heterocycles. The molecule has 0 spiro atoms. The van der Waals surface area contributed by atoms with Gasteiger partial charge in [-0.2, -0.15) is 0 Å². The van der Waals surface area contributed by atoms with Crippen LogP contribution < -0.4 is 11.1 Å². The monoisotopic (exact) mass is 290 g/mol. The van der Waals surface area contributed by atoms with Crippen molar-refractivity contribution in [2.24, 2.45) is 11.7 Å². The van der Waals surface area contributed by atoms with Gasteiger partial charge in [0.2, 0.25) is 5.91 Å². The number of amides is 1. The molecule has 0 aromatic heterocycles. The van der Waals surface area contributed by atoms with E-state index in [0.717, 1.165) is 30.9 Å². The van der Waals surface area contributed by atoms with Crippen molar-refractivity contribution in [1.82, 2.24) is 9.80 Å². The fraction of sp³-hybridized carbons (Fsp3) is 0.562. The summed E-state index contributed by atoms with van der Waals surface area (Å²) in [6, 6.07) is 7.67. The lowest BCUT2D eigenvalue weighted by atomic mass is 10.1. The molecular weight excluding hydrogens is 264 g/mol. The van der Waals surface area contributed by atoms with E-state index in [1.807, 2.05) is 31.3 Å². The van der Waals surface area contributed by atoms with Gasteiger partial charge in [0.25, 0.3) is 0 Å². The van der Waals surface area contributed by atoms with Gasteiger partial charge in [-0.05, 0) is 50.7 Å².